The molecule has 2 saturated heterocycles. The highest BCUT2D eigenvalue weighted by Gasteiger charge is 2.42. The average molecular weight is 640 g/mol. The number of piperidine rings is 1. The van der Waals surface area contributed by atoms with E-state index in [1.54, 1.807) is 18.5 Å². The van der Waals surface area contributed by atoms with Crippen molar-refractivity contribution in [3.63, 3.8) is 0 Å². The Balaban J connectivity index is 1.37. The van der Waals surface area contributed by atoms with Crippen molar-refractivity contribution in [3.8, 4) is 11.1 Å². The van der Waals surface area contributed by atoms with Gasteiger partial charge in [-0.15, -0.1) is 0 Å². The highest BCUT2D eigenvalue weighted by Crippen LogP contribution is 2.41. The van der Waals surface area contributed by atoms with Crippen molar-refractivity contribution in [1.29, 1.82) is 0 Å². The molecular weight excluding hydrogens is 598 g/mol. The van der Waals surface area contributed by atoms with Gasteiger partial charge >= 0.3 is 6.09 Å². The van der Waals surface area contributed by atoms with E-state index >= 15 is 0 Å². The first kappa shape index (κ1) is 30.8. The number of aliphatic hydroxyl groups is 1. The Morgan fingerprint density at radius 3 is 2.55 bits per heavy atom. The molecule has 3 aromatic heterocycles. The van der Waals surface area contributed by atoms with Crippen molar-refractivity contribution in [3.05, 3.63) is 35.7 Å². The molecule has 1 aromatic carbocycles. The van der Waals surface area contributed by atoms with Gasteiger partial charge in [-0.2, -0.15) is 5.10 Å². The molecule has 1 amide bonds. The van der Waals surface area contributed by atoms with Crippen LogP contribution in [-0.2, 0) is 18.0 Å². The van der Waals surface area contributed by atoms with Gasteiger partial charge in [0.2, 0.25) is 0 Å². The van der Waals surface area contributed by atoms with E-state index < -0.39 is 19.8 Å². The van der Waals surface area contributed by atoms with Crippen molar-refractivity contribution in [2.24, 2.45) is 0 Å². The van der Waals surface area contributed by atoms with Crippen LogP contribution in [0.2, 0.25) is 30.7 Å². The van der Waals surface area contributed by atoms with Crippen molar-refractivity contribution in [2.45, 2.75) is 102 Å². The van der Waals surface area contributed by atoms with Gasteiger partial charge in [0.05, 0.1) is 28.9 Å². The maximum Gasteiger partial charge on any atom is 0.404 e. The van der Waals surface area contributed by atoms with Crippen molar-refractivity contribution >= 4 is 53.7 Å². The number of aromatic nitrogens is 5. The number of nitrogens with zero attached hydrogens (tertiary/aromatic N) is 6. The van der Waals surface area contributed by atoms with E-state index in [2.05, 4.69) is 35.0 Å². The van der Waals surface area contributed by atoms with Crippen LogP contribution in [0.3, 0.4) is 0 Å². The number of amides is 1. The van der Waals surface area contributed by atoms with Crippen LogP contribution in [0.5, 0.6) is 0 Å². The van der Waals surface area contributed by atoms with Gasteiger partial charge in [-0.1, -0.05) is 37.3 Å². The molecule has 0 unspecified atom stereocenters. The standard InChI is InChI=1S/C31H42ClN7O4Si/c1-31(2,42)17-38-16-24-25(36-38)9-8-22(27(24)32)23-15-37(18-43-10-11-44(3,4)5)29-28(23)33-14-26(35-29)39-20-6-7-21(39)13-19(12-20)34-30(40)41/h8-9,14-16,19-21,34,42H,6-7,10-13,17-18H2,1-5H3,(H,40,41)/t19-,20+,21-. The van der Waals surface area contributed by atoms with Crippen molar-refractivity contribution in [1.82, 2.24) is 29.6 Å². The van der Waals surface area contributed by atoms with Crippen LogP contribution in [0, 0.1) is 0 Å². The number of hydrogen-bond donors (Lipinski definition) is 3. The van der Waals surface area contributed by atoms with Gasteiger partial charge in [-0.3, -0.25) is 4.68 Å². The second kappa shape index (κ2) is 11.6. The molecule has 0 spiro atoms. The predicted octanol–water partition coefficient (Wildman–Crippen LogP) is 5.95. The molecular formula is C31H42ClN7O4Si. The highest BCUT2D eigenvalue weighted by molar-refractivity contribution is 6.76. The van der Waals surface area contributed by atoms with Crippen LogP contribution in [0.25, 0.3) is 33.2 Å². The maximum atomic E-state index is 11.3. The van der Waals surface area contributed by atoms with Crippen molar-refractivity contribution in [2.75, 3.05) is 11.5 Å². The lowest BCUT2D eigenvalue weighted by atomic mass is 9.97. The number of carboxylic acid groups (broad SMARTS) is 1. The minimum absolute atomic E-state index is 0.0435. The number of fused-ring (bicyclic) bond motifs is 4. The summed E-state index contributed by atoms with van der Waals surface area (Å²) in [6, 6.07) is 5.36. The summed E-state index contributed by atoms with van der Waals surface area (Å²) in [7, 11) is -1.25. The summed E-state index contributed by atoms with van der Waals surface area (Å²) < 4.78 is 9.92. The van der Waals surface area contributed by atoms with E-state index in [0.29, 0.717) is 24.9 Å². The van der Waals surface area contributed by atoms with Gasteiger partial charge in [0.1, 0.15) is 18.1 Å². The molecule has 6 rings (SSSR count). The fourth-order valence-corrected chi connectivity index (χ4v) is 7.71. The molecule has 13 heteroatoms. The van der Waals surface area contributed by atoms with Crippen LogP contribution in [0.4, 0.5) is 10.6 Å². The largest absolute Gasteiger partial charge is 0.465 e. The minimum Gasteiger partial charge on any atom is -0.465 e. The lowest BCUT2D eigenvalue weighted by Crippen LogP contribution is -2.50. The molecule has 236 valence electrons. The monoisotopic (exact) mass is 639 g/mol. The zero-order valence-corrected chi connectivity index (χ0v) is 27.8. The minimum atomic E-state index is -1.25. The number of benzene rings is 1. The van der Waals surface area contributed by atoms with E-state index in [9.17, 15) is 15.0 Å². The second-order valence-electron chi connectivity index (χ2n) is 14.2. The predicted molar refractivity (Wildman–Crippen MR) is 175 cm³/mol. The second-order valence-corrected chi connectivity index (χ2v) is 20.2. The number of carbonyl (C=O) groups is 1. The number of nitrogens with one attached hydrogen (secondary N) is 1. The third kappa shape index (κ3) is 6.44. The molecule has 0 saturated carbocycles. The summed E-state index contributed by atoms with van der Waals surface area (Å²) in [5.74, 6) is 0.807. The molecule has 0 radical (unpaired) electrons. The lowest BCUT2D eigenvalue weighted by Gasteiger charge is -2.39. The van der Waals surface area contributed by atoms with Gasteiger partial charge in [0.15, 0.2) is 5.65 Å². The zero-order chi connectivity index (χ0) is 31.4. The lowest BCUT2D eigenvalue weighted by molar-refractivity contribution is 0.0580. The Bertz CT molecular complexity index is 1680. The van der Waals surface area contributed by atoms with E-state index in [1.165, 1.54) is 0 Å². The summed E-state index contributed by atoms with van der Waals surface area (Å²) in [6.07, 6.45) is 8.29. The number of anilines is 1. The Hall–Kier alpha value is -3.19. The molecule has 4 aromatic rings. The Kier molecular flexibility index (Phi) is 8.14. The van der Waals surface area contributed by atoms with Crippen LogP contribution in [0.15, 0.2) is 30.7 Å². The molecule has 0 aliphatic carbocycles. The molecule has 2 fully saturated rings. The Labute approximate surface area is 263 Å². The molecule has 44 heavy (non-hydrogen) atoms. The fourth-order valence-electron chi connectivity index (χ4n) is 6.64. The van der Waals surface area contributed by atoms with Gasteiger partial charge in [-0.05, 0) is 51.6 Å². The van der Waals surface area contributed by atoms with E-state index in [-0.39, 0.29) is 18.1 Å². The summed E-state index contributed by atoms with van der Waals surface area (Å²) in [5, 5.41) is 28.2. The molecule has 3 atom stereocenters. The smallest absolute Gasteiger partial charge is 0.404 e. The van der Waals surface area contributed by atoms with Crippen molar-refractivity contribution < 1.29 is 19.7 Å². The first-order valence-electron chi connectivity index (χ1n) is 15.4. The van der Waals surface area contributed by atoms with E-state index in [0.717, 1.165) is 70.7 Å². The molecule has 2 aliphatic heterocycles. The van der Waals surface area contributed by atoms with Gasteiger partial charge in [0, 0.05) is 61.7 Å². The summed E-state index contributed by atoms with van der Waals surface area (Å²) in [5.41, 5.74) is 3.01. The normalized spacial score (nSPS) is 20.6. The van der Waals surface area contributed by atoms with Crippen LogP contribution in [0.1, 0.15) is 39.5 Å². The Morgan fingerprint density at radius 1 is 1.16 bits per heavy atom. The zero-order valence-electron chi connectivity index (χ0n) is 26.0. The molecule has 3 N–H and O–H groups in total. The number of halogens is 1. The number of hydrogen-bond acceptors (Lipinski definition) is 7. The Morgan fingerprint density at radius 2 is 1.89 bits per heavy atom. The van der Waals surface area contributed by atoms with Crippen LogP contribution < -0.4 is 10.2 Å². The third-order valence-electron chi connectivity index (χ3n) is 8.62. The van der Waals surface area contributed by atoms with Gasteiger partial charge < -0.3 is 29.7 Å². The SMILES string of the molecule is CC(C)(O)Cn1cc2c(Cl)c(-c3cn(COCC[Si](C)(C)C)c4nc(N5[C@@H]6CC[C@H]5C[C@@H](NC(=O)O)C6)cnc34)ccc2n1. The molecule has 2 bridgehead atoms. The average Bonchev–Trinajstić information content (AvgIpc) is 3.56. The third-order valence-corrected chi connectivity index (χ3v) is 10.7. The van der Waals surface area contributed by atoms with Gasteiger partial charge in [-0.25, -0.2) is 14.8 Å². The van der Waals surface area contributed by atoms with Gasteiger partial charge in [0.25, 0.3) is 0 Å². The molecule has 2 aliphatic rings. The summed E-state index contributed by atoms with van der Waals surface area (Å²) in [6.45, 7) is 11.9. The highest BCUT2D eigenvalue weighted by atomic mass is 35.5. The summed E-state index contributed by atoms with van der Waals surface area (Å²) in [4.78, 5) is 23.8. The summed E-state index contributed by atoms with van der Waals surface area (Å²) >= 11 is 7.04. The van der Waals surface area contributed by atoms with E-state index in [1.807, 2.05) is 35.3 Å². The first-order valence-corrected chi connectivity index (χ1v) is 19.4. The molecule has 11 nitrogen and oxygen atoms in total. The van der Waals surface area contributed by atoms with E-state index in [4.69, 9.17) is 26.3 Å². The fraction of sp³-hybridized carbons (Fsp3) is 0.548. The van der Waals surface area contributed by atoms with Crippen LogP contribution >= 0.6 is 11.6 Å². The first-order chi connectivity index (χ1) is 20.8. The molecule has 5 heterocycles. The van der Waals surface area contributed by atoms with Crippen LogP contribution in [-0.4, -0.2) is 79.0 Å². The topological polar surface area (TPSA) is 131 Å². The maximum absolute atomic E-state index is 11.3. The number of ether oxygens (including phenoxy) is 1. The number of rotatable bonds is 10. The quantitative estimate of drug-likeness (QED) is 0.143.